The topological polar surface area (TPSA) is 72.7 Å². The number of aromatic nitrogens is 4. The first-order valence-corrected chi connectivity index (χ1v) is 8.05. The number of tetrazole rings is 1. The van der Waals surface area contributed by atoms with E-state index in [0.717, 1.165) is 16.8 Å². The molecule has 2 aromatic rings. The maximum Gasteiger partial charge on any atom is 0.230 e. The van der Waals surface area contributed by atoms with E-state index in [2.05, 4.69) is 20.8 Å². The number of nitrogens with zero attached hydrogens (tertiary/aromatic N) is 4. The van der Waals surface area contributed by atoms with Crippen LogP contribution in [0.25, 0.3) is 5.69 Å². The van der Waals surface area contributed by atoms with Gasteiger partial charge in [0.15, 0.2) is 0 Å². The number of carbonyl (C=O) groups excluding carboxylic acids is 1. The van der Waals surface area contributed by atoms with Crippen LogP contribution in [0.15, 0.2) is 23.4 Å². The third-order valence-corrected chi connectivity index (χ3v) is 3.86. The summed E-state index contributed by atoms with van der Waals surface area (Å²) in [5.74, 6) is 0.247. The SMILES string of the molecule is Cc1cccc(C)c1-n1nnnc1SCC(=O)NC(C)(C)C. The van der Waals surface area contributed by atoms with Crippen LogP contribution in [0, 0.1) is 13.8 Å². The molecule has 0 atom stereocenters. The molecule has 1 heterocycles. The Balaban J connectivity index is 2.16. The highest BCUT2D eigenvalue weighted by Gasteiger charge is 2.17. The molecule has 118 valence electrons. The Bertz CT molecular complexity index is 655. The number of carbonyl (C=O) groups is 1. The van der Waals surface area contributed by atoms with Crippen molar-refractivity contribution in [3.05, 3.63) is 29.3 Å². The Morgan fingerprint density at radius 1 is 1.27 bits per heavy atom. The first kappa shape index (κ1) is 16.5. The Kier molecular flexibility index (Phi) is 4.85. The van der Waals surface area contributed by atoms with Gasteiger partial charge in [0, 0.05) is 5.54 Å². The minimum atomic E-state index is -0.240. The summed E-state index contributed by atoms with van der Waals surface area (Å²) < 4.78 is 1.69. The quantitative estimate of drug-likeness (QED) is 0.875. The first-order chi connectivity index (χ1) is 10.3. The molecule has 0 saturated heterocycles. The first-order valence-electron chi connectivity index (χ1n) is 7.07. The van der Waals surface area contributed by atoms with Crippen LogP contribution < -0.4 is 5.32 Å². The molecule has 0 spiro atoms. The van der Waals surface area contributed by atoms with E-state index in [-0.39, 0.29) is 17.2 Å². The summed E-state index contributed by atoms with van der Waals surface area (Å²) in [6.45, 7) is 9.90. The van der Waals surface area contributed by atoms with Gasteiger partial charge in [-0.3, -0.25) is 4.79 Å². The Hall–Kier alpha value is -1.89. The van der Waals surface area contributed by atoms with Crippen LogP contribution in [0.2, 0.25) is 0 Å². The fraction of sp³-hybridized carbons (Fsp3) is 0.467. The fourth-order valence-corrected chi connectivity index (χ4v) is 2.81. The Morgan fingerprint density at radius 3 is 2.50 bits per heavy atom. The van der Waals surface area contributed by atoms with E-state index in [0.29, 0.717) is 5.16 Å². The minimum absolute atomic E-state index is 0.0337. The molecular formula is C15H21N5OS. The van der Waals surface area contributed by atoms with Crippen LogP contribution >= 0.6 is 11.8 Å². The number of para-hydroxylation sites is 1. The van der Waals surface area contributed by atoms with Crippen molar-refractivity contribution in [3.63, 3.8) is 0 Å². The fourth-order valence-electron chi connectivity index (χ4n) is 2.13. The highest BCUT2D eigenvalue weighted by molar-refractivity contribution is 7.99. The van der Waals surface area contributed by atoms with Gasteiger partial charge < -0.3 is 5.32 Å². The zero-order valence-corrected chi connectivity index (χ0v) is 14.4. The summed E-state index contributed by atoms with van der Waals surface area (Å²) in [7, 11) is 0. The summed E-state index contributed by atoms with van der Waals surface area (Å²) in [6.07, 6.45) is 0. The normalized spacial score (nSPS) is 11.5. The summed E-state index contributed by atoms with van der Waals surface area (Å²) in [5.41, 5.74) is 2.91. The molecule has 1 aromatic carbocycles. The zero-order valence-electron chi connectivity index (χ0n) is 13.5. The standard InChI is InChI=1S/C15H21N5OS/c1-10-7-6-8-11(2)13(10)20-14(17-18-19-20)22-9-12(21)16-15(3,4)5/h6-8H,9H2,1-5H3,(H,16,21). The van der Waals surface area contributed by atoms with Crippen molar-refractivity contribution >= 4 is 17.7 Å². The lowest BCUT2D eigenvalue weighted by atomic mass is 10.1. The monoisotopic (exact) mass is 319 g/mol. The van der Waals surface area contributed by atoms with Crippen molar-refractivity contribution in [3.8, 4) is 5.69 Å². The van der Waals surface area contributed by atoms with Gasteiger partial charge in [-0.1, -0.05) is 30.0 Å². The van der Waals surface area contributed by atoms with E-state index >= 15 is 0 Å². The van der Waals surface area contributed by atoms with E-state index in [4.69, 9.17) is 0 Å². The molecule has 0 bridgehead atoms. The summed E-state index contributed by atoms with van der Waals surface area (Å²) >= 11 is 1.33. The third kappa shape index (κ3) is 4.07. The van der Waals surface area contributed by atoms with Crippen LogP contribution in [0.3, 0.4) is 0 Å². The molecule has 0 aliphatic heterocycles. The predicted octanol–water partition coefficient (Wildman–Crippen LogP) is 2.29. The molecule has 1 N–H and O–H groups in total. The van der Waals surface area contributed by atoms with Gasteiger partial charge in [0.05, 0.1) is 11.4 Å². The lowest BCUT2D eigenvalue weighted by molar-refractivity contribution is -0.119. The second kappa shape index (κ2) is 6.48. The Morgan fingerprint density at radius 2 is 1.91 bits per heavy atom. The van der Waals surface area contributed by atoms with Crippen molar-refractivity contribution < 1.29 is 4.79 Å². The lowest BCUT2D eigenvalue weighted by Crippen LogP contribution is -2.41. The number of hydrogen-bond donors (Lipinski definition) is 1. The number of thioether (sulfide) groups is 1. The predicted molar refractivity (Wildman–Crippen MR) is 87.2 cm³/mol. The third-order valence-electron chi connectivity index (χ3n) is 2.94. The zero-order chi connectivity index (χ0) is 16.3. The molecular weight excluding hydrogens is 298 g/mol. The van der Waals surface area contributed by atoms with Crippen molar-refractivity contribution in [1.82, 2.24) is 25.5 Å². The highest BCUT2D eigenvalue weighted by atomic mass is 32.2. The van der Waals surface area contributed by atoms with Crippen LogP contribution in [-0.4, -0.2) is 37.4 Å². The number of nitrogens with one attached hydrogen (secondary N) is 1. The molecule has 0 aliphatic carbocycles. The van der Waals surface area contributed by atoms with Crippen LogP contribution in [0.1, 0.15) is 31.9 Å². The van der Waals surface area contributed by atoms with Gasteiger partial charge >= 0.3 is 0 Å². The summed E-state index contributed by atoms with van der Waals surface area (Å²) in [6, 6.07) is 6.04. The van der Waals surface area contributed by atoms with Crippen molar-refractivity contribution in [2.45, 2.75) is 45.3 Å². The smallest absolute Gasteiger partial charge is 0.230 e. The number of rotatable bonds is 4. The average molecular weight is 319 g/mol. The molecule has 22 heavy (non-hydrogen) atoms. The number of amides is 1. The molecule has 1 amide bonds. The van der Waals surface area contributed by atoms with Crippen molar-refractivity contribution in [2.24, 2.45) is 0 Å². The van der Waals surface area contributed by atoms with Gasteiger partial charge in [0.2, 0.25) is 11.1 Å². The van der Waals surface area contributed by atoms with Gasteiger partial charge in [0.25, 0.3) is 0 Å². The molecule has 1 aromatic heterocycles. The highest BCUT2D eigenvalue weighted by Crippen LogP contribution is 2.23. The number of hydrogen-bond acceptors (Lipinski definition) is 5. The largest absolute Gasteiger partial charge is 0.351 e. The Labute approximate surface area is 134 Å². The summed E-state index contributed by atoms with van der Waals surface area (Å²) in [4.78, 5) is 11.9. The van der Waals surface area contributed by atoms with Crippen molar-refractivity contribution in [2.75, 3.05) is 5.75 Å². The van der Waals surface area contributed by atoms with Gasteiger partial charge in [-0.15, -0.1) is 5.10 Å². The maximum absolute atomic E-state index is 11.9. The summed E-state index contributed by atoms with van der Waals surface area (Å²) in [5, 5.41) is 15.4. The van der Waals surface area contributed by atoms with Crippen LogP contribution in [-0.2, 0) is 4.79 Å². The van der Waals surface area contributed by atoms with Gasteiger partial charge in [0.1, 0.15) is 0 Å². The molecule has 0 fully saturated rings. The molecule has 0 saturated carbocycles. The number of aryl methyl sites for hydroxylation is 2. The number of benzene rings is 1. The molecule has 6 nitrogen and oxygen atoms in total. The molecule has 0 aliphatic rings. The van der Waals surface area contributed by atoms with E-state index < -0.39 is 0 Å². The van der Waals surface area contributed by atoms with Gasteiger partial charge in [-0.05, 0) is 56.2 Å². The van der Waals surface area contributed by atoms with E-state index in [1.54, 1.807) is 4.68 Å². The molecule has 0 unspecified atom stereocenters. The van der Waals surface area contributed by atoms with E-state index in [9.17, 15) is 4.79 Å². The lowest BCUT2D eigenvalue weighted by Gasteiger charge is -2.20. The van der Waals surface area contributed by atoms with Crippen LogP contribution in [0.5, 0.6) is 0 Å². The molecule has 2 rings (SSSR count). The average Bonchev–Trinajstić information content (AvgIpc) is 2.82. The molecule has 7 heteroatoms. The second-order valence-electron chi connectivity index (χ2n) is 6.20. The second-order valence-corrected chi connectivity index (χ2v) is 7.14. The minimum Gasteiger partial charge on any atom is -0.351 e. The van der Waals surface area contributed by atoms with E-state index in [1.165, 1.54) is 11.8 Å². The molecule has 0 radical (unpaired) electrons. The van der Waals surface area contributed by atoms with Crippen molar-refractivity contribution in [1.29, 1.82) is 0 Å². The maximum atomic E-state index is 11.9. The van der Waals surface area contributed by atoms with E-state index in [1.807, 2.05) is 52.8 Å². The van der Waals surface area contributed by atoms with Crippen LogP contribution in [0.4, 0.5) is 0 Å². The van der Waals surface area contributed by atoms with Gasteiger partial charge in [-0.2, -0.15) is 4.68 Å². The van der Waals surface area contributed by atoms with Gasteiger partial charge in [-0.25, -0.2) is 0 Å².